The number of nitrogens with zero attached hydrogens (tertiary/aromatic N) is 1. The molecular formula is C22H9F6N. The predicted molar refractivity (Wildman–Crippen MR) is 97.6 cm³/mol. The first-order valence-corrected chi connectivity index (χ1v) is 8.52. The molecule has 0 saturated carbocycles. The number of aromatic nitrogens is 1. The number of pyridine rings is 1. The van der Waals surface area contributed by atoms with Crippen molar-refractivity contribution < 1.29 is 26.3 Å². The van der Waals surface area contributed by atoms with Crippen LogP contribution in [0, 0.1) is 34.9 Å². The van der Waals surface area contributed by atoms with Crippen molar-refractivity contribution >= 4 is 27.3 Å². The van der Waals surface area contributed by atoms with E-state index in [1.165, 1.54) is 18.2 Å². The Morgan fingerprint density at radius 3 is 1.86 bits per heavy atom. The summed E-state index contributed by atoms with van der Waals surface area (Å²) in [6.45, 7) is 0. The summed E-state index contributed by atoms with van der Waals surface area (Å²) in [6, 6.07) is 13.7. The van der Waals surface area contributed by atoms with Crippen molar-refractivity contribution in [3.63, 3.8) is 0 Å². The van der Waals surface area contributed by atoms with Gasteiger partial charge in [0.15, 0.2) is 23.3 Å². The average molecular weight is 401 g/mol. The molecule has 7 heteroatoms. The fourth-order valence-electron chi connectivity index (χ4n) is 3.73. The first kappa shape index (κ1) is 17.6. The van der Waals surface area contributed by atoms with Gasteiger partial charge in [-0.05, 0) is 36.4 Å². The van der Waals surface area contributed by atoms with Gasteiger partial charge in [0.05, 0.1) is 22.1 Å². The Labute approximate surface area is 159 Å². The summed E-state index contributed by atoms with van der Waals surface area (Å²) in [5.41, 5.74) is 0.112. The quantitative estimate of drug-likeness (QED) is 0.166. The molecule has 0 atom stereocenters. The van der Waals surface area contributed by atoms with E-state index in [0.717, 1.165) is 6.07 Å². The molecule has 0 fully saturated rings. The monoisotopic (exact) mass is 401 g/mol. The Balaban J connectivity index is 2.05. The predicted octanol–water partition coefficient (Wildman–Crippen LogP) is 6.75. The van der Waals surface area contributed by atoms with Gasteiger partial charge in [-0.25, -0.2) is 26.3 Å². The summed E-state index contributed by atoms with van der Waals surface area (Å²) < 4.78 is 85.7. The minimum absolute atomic E-state index is 0.230. The molecule has 1 nitrogen and oxygen atoms in total. The number of hydrogen-bond acceptors (Lipinski definition) is 0. The standard InChI is InChI=1S/C22H9F6N/c23-12-5-6-15-11(7-12)8-13(16-9-10-3-1-2-4-14(10)29(15)16)17-18(24)20(26)22(28)21(27)19(17)25/h1-9H. The summed E-state index contributed by atoms with van der Waals surface area (Å²) in [5.74, 6) is -10.8. The maximum absolute atomic E-state index is 14.5. The summed E-state index contributed by atoms with van der Waals surface area (Å²) in [6.07, 6.45) is 0. The molecule has 5 rings (SSSR count). The van der Waals surface area contributed by atoms with Gasteiger partial charge in [0.1, 0.15) is 5.82 Å². The molecular weight excluding hydrogens is 392 g/mol. The van der Waals surface area contributed by atoms with Crippen LogP contribution in [0.25, 0.3) is 38.4 Å². The minimum atomic E-state index is -2.23. The second-order valence-corrected chi connectivity index (χ2v) is 6.63. The van der Waals surface area contributed by atoms with E-state index >= 15 is 0 Å². The molecule has 0 aliphatic rings. The molecule has 3 aromatic carbocycles. The Kier molecular flexibility index (Phi) is 3.65. The van der Waals surface area contributed by atoms with E-state index in [-0.39, 0.29) is 16.5 Å². The lowest BCUT2D eigenvalue weighted by Gasteiger charge is -2.13. The van der Waals surface area contributed by atoms with Crippen molar-refractivity contribution in [2.24, 2.45) is 0 Å². The zero-order valence-electron chi connectivity index (χ0n) is 14.4. The van der Waals surface area contributed by atoms with Crippen molar-refractivity contribution in [1.82, 2.24) is 4.40 Å². The zero-order valence-corrected chi connectivity index (χ0v) is 14.4. The van der Waals surface area contributed by atoms with Crippen molar-refractivity contribution in [1.29, 1.82) is 0 Å². The van der Waals surface area contributed by atoms with Crippen LogP contribution in [0.15, 0.2) is 54.6 Å². The van der Waals surface area contributed by atoms with Gasteiger partial charge < -0.3 is 4.40 Å². The lowest BCUT2D eigenvalue weighted by Crippen LogP contribution is -2.05. The third kappa shape index (κ3) is 2.36. The molecule has 0 amide bonds. The van der Waals surface area contributed by atoms with Crippen LogP contribution in [0.3, 0.4) is 0 Å². The van der Waals surface area contributed by atoms with Gasteiger partial charge in [-0.2, -0.15) is 0 Å². The number of hydrogen-bond donors (Lipinski definition) is 0. The molecule has 144 valence electrons. The maximum atomic E-state index is 14.5. The van der Waals surface area contributed by atoms with Crippen LogP contribution < -0.4 is 0 Å². The van der Waals surface area contributed by atoms with E-state index in [1.807, 2.05) is 0 Å². The van der Waals surface area contributed by atoms with Crippen LogP contribution in [-0.4, -0.2) is 4.40 Å². The van der Waals surface area contributed by atoms with Crippen LogP contribution in [0.5, 0.6) is 0 Å². The SMILES string of the molecule is Fc1ccc2c(c1)cc(-c1c(F)c(F)c(F)c(F)c1F)c1cc3ccccc3n12. The van der Waals surface area contributed by atoms with E-state index < -0.39 is 40.5 Å². The number of halogens is 6. The van der Waals surface area contributed by atoms with Crippen molar-refractivity contribution in [3.05, 3.63) is 89.5 Å². The van der Waals surface area contributed by atoms with Crippen molar-refractivity contribution in [2.45, 2.75) is 0 Å². The van der Waals surface area contributed by atoms with Crippen LogP contribution in [0.2, 0.25) is 0 Å². The van der Waals surface area contributed by atoms with Gasteiger partial charge in [-0.1, -0.05) is 18.2 Å². The molecule has 0 bridgehead atoms. The highest BCUT2D eigenvalue weighted by Crippen LogP contribution is 2.38. The normalized spacial score (nSPS) is 11.8. The van der Waals surface area contributed by atoms with Crippen molar-refractivity contribution in [2.75, 3.05) is 0 Å². The van der Waals surface area contributed by atoms with Crippen molar-refractivity contribution in [3.8, 4) is 11.1 Å². The molecule has 2 heterocycles. The molecule has 0 saturated heterocycles. The molecule has 0 aliphatic heterocycles. The molecule has 0 N–H and O–H groups in total. The Morgan fingerprint density at radius 1 is 0.517 bits per heavy atom. The van der Waals surface area contributed by atoms with Gasteiger partial charge in [0.2, 0.25) is 5.82 Å². The number of benzene rings is 3. The highest BCUT2D eigenvalue weighted by Gasteiger charge is 2.28. The minimum Gasteiger partial charge on any atom is -0.309 e. The van der Waals surface area contributed by atoms with E-state index in [2.05, 4.69) is 0 Å². The highest BCUT2D eigenvalue weighted by molar-refractivity contribution is 6.01. The maximum Gasteiger partial charge on any atom is 0.200 e. The van der Waals surface area contributed by atoms with E-state index in [0.29, 0.717) is 16.4 Å². The molecule has 0 radical (unpaired) electrons. The van der Waals surface area contributed by atoms with Gasteiger partial charge in [0, 0.05) is 16.3 Å². The topological polar surface area (TPSA) is 4.41 Å². The summed E-state index contributed by atoms with van der Waals surface area (Å²) in [7, 11) is 0. The van der Waals surface area contributed by atoms with E-state index in [4.69, 9.17) is 0 Å². The van der Waals surface area contributed by atoms with E-state index in [1.54, 1.807) is 34.7 Å². The van der Waals surface area contributed by atoms with Crippen LogP contribution in [-0.2, 0) is 0 Å². The molecule has 0 aliphatic carbocycles. The first-order valence-electron chi connectivity index (χ1n) is 8.52. The summed E-state index contributed by atoms with van der Waals surface area (Å²) in [5, 5.41) is 0.937. The smallest absolute Gasteiger partial charge is 0.200 e. The summed E-state index contributed by atoms with van der Waals surface area (Å²) >= 11 is 0. The fourth-order valence-corrected chi connectivity index (χ4v) is 3.73. The average Bonchev–Trinajstić information content (AvgIpc) is 3.10. The molecule has 0 unspecified atom stereocenters. The third-order valence-electron chi connectivity index (χ3n) is 5.00. The Bertz CT molecular complexity index is 1440. The molecule has 29 heavy (non-hydrogen) atoms. The van der Waals surface area contributed by atoms with Gasteiger partial charge in [-0.3, -0.25) is 0 Å². The van der Waals surface area contributed by atoms with Gasteiger partial charge in [0.25, 0.3) is 0 Å². The molecule has 2 aromatic heterocycles. The largest absolute Gasteiger partial charge is 0.309 e. The number of fused-ring (bicyclic) bond motifs is 5. The zero-order chi connectivity index (χ0) is 20.4. The molecule has 0 spiro atoms. The summed E-state index contributed by atoms with van der Waals surface area (Å²) in [4.78, 5) is 0. The van der Waals surface area contributed by atoms with Gasteiger partial charge >= 0.3 is 0 Å². The lowest BCUT2D eigenvalue weighted by molar-refractivity contribution is 0.381. The number of rotatable bonds is 1. The van der Waals surface area contributed by atoms with Crippen LogP contribution in [0.1, 0.15) is 0 Å². The Hall–Kier alpha value is -3.48. The second kappa shape index (κ2) is 6.01. The third-order valence-corrected chi connectivity index (χ3v) is 5.00. The van der Waals surface area contributed by atoms with E-state index in [9.17, 15) is 26.3 Å². The van der Waals surface area contributed by atoms with Crippen LogP contribution in [0.4, 0.5) is 26.3 Å². The highest BCUT2D eigenvalue weighted by atomic mass is 19.2. The molecule has 5 aromatic rings. The fraction of sp³-hybridized carbons (Fsp3) is 0. The lowest BCUT2D eigenvalue weighted by atomic mass is 10.0. The second-order valence-electron chi connectivity index (χ2n) is 6.63. The van der Waals surface area contributed by atoms with Gasteiger partial charge in [-0.15, -0.1) is 0 Å². The Morgan fingerprint density at radius 2 is 1.14 bits per heavy atom. The number of para-hydroxylation sites is 1. The first-order chi connectivity index (χ1) is 13.9. The van der Waals surface area contributed by atoms with Crippen LogP contribution >= 0.6 is 0 Å².